The van der Waals surface area contributed by atoms with Gasteiger partial charge in [0.2, 0.25) is 0 Å². The summed E-state index contributed by atoms with van der Waals surface area (Å²) in [4.78, 5) is 20.7. The molecule has 0 radical (unpaired) electrons. The van der Waals surface area contributed by atoms with Crippen LogP contribution >= 0.6 is 0 Å². The molecule has 132 valence electrons. The van der Waals surface area contributed by atoms with Gasteiger partial charge in [-0.15, -0.1) is 0 Å². The quantitative estimate of drug-likeness (QED) is 0.559. The molecule has 0 bridgehead atoms. The van der Waals surface area contributed by atoms with E-state index in [2.05, 4.69) is 0 Å². The molecule has 0 aromatic rings. The number of carboxylic acids is 2. The first-order chi connectivity index (χ1) is 9.49. The van der Waals surface area contributed by atoms with Gasteiger partial charge in [0.15, 0.2) is 5.79 Å². The lowest BCUT2D eigenvalue weighted by atomic mass is 9.67. The van der Waals surface area contributed by atoms with Crippen molar-refractivity contribution in [3.05, 3.63) is 0 Å². The number of carbonyl (C=O) groups is 2. The van der Waals surface area contributed by atoms with Crippen LogP contribution in [0.1, 0.15) is 61.8 Å². The van der Waals surface area contributed by atoms with E-state index in [1.807, 2.05) is 0 Å². The summed E-state index contributed by atoms with van der Waals surface area (Å²) in [5, 5.41) is 37.1. The Balaban J connectivity index is 0. The predicted octanol–water partition coefficient (Wildman–Crippen LogP) is 2.58. The minimum atomic E-state index is -1.88. The summed E-state index contributed by atoms with van der Waals surface area (Å²) in [6.07, 6.45) is 0.195. The van der Waals surface area contributed by atoms with Gasteiger partial charge in [-0.1, -0.05) is 41.5 Å². The van der Waals surface area contributed by atoms with Crippen LogP contribution in [0.15, 0.2) is 0 Å². The zero-order valence-corrected chi connectivity index (χ0v) is 15.0. The van der Waals surface area contributed by atoms with Crippen molar-refractivity contribution in [2.24, 2.45) is 22.7 Å². The molecule has 0 amide bonds. The second kappa shape index (κ2) is 7.92. The van der Waals surface area contributed by atoms with E-state index >= 15 is 0 Å². The van der Waals surface area contributed by atoms with Crippen molar-refractivity contribution in [3.8, 4) is 0 Å². The Morgan fingerprint density at radius 2 is 1.23 bits per heavy atom. The van der Waals surface area contributed by atoms with Crippen molar-refractivity contribution in [1.29, 1.82) is 0 Å². The molecule has 0 saturated carbocycles. The van der Waals surface area contributed by atoms with Crippen LogP contribution in [0.2, 0.25) is 0 Å². The van der Waals surface area contributed by atoms with Gasteiger partial charge in [-0.05, 0) is 20.3 Å². The largest absolute Gasteiger partial charge is 0.481 e. The minimum absolute atomic E-state index is 0.195. The standard InChI is InChI=1S/C12H24O4.C4H8O2/c1-8(2)12(15,16)11(5,6)7-10(3,4)9(13)14;1-3(2)4(5)6/h8,15-16H,7H2,1-6H3,(H,13,14);3H,1-2H3,(H,5,6). The number of hydrogen-bond donors (Lipinski definition) is 4. The normalized spacial score (nSPS) is 12.9. The molecule has 4 N–H and O–H groups in total. The van der Waals surface area contributed by atoms with Crippen molar-refractivity contribution in [2.75, 3.05) is 0 Å². The molecule has 0 aliphatic carbocycles. The molecular weight excluding hydrogens is 288 g/mol. The van der Waals surface area contributed by atoms with Crippen LogP contribution in [0.3, 0.4) is 0 Å². The third-order valence-corrected chi connectivity index (χ3v) is 3.76. The molecule has 0 aliphatic heterocycles. The Hall–Kier alpha value is -1.14. The number of aliphatic carboxylic acids is 2. The molecule has 22 heavy (non-hydrogen) atoms. The van der Waals surface area contributed by atoms with Gasteiger partial charge in [0, 0.05) is 11.3 Å². The summed E-state index contributed by atoms with van der Waals surface area (Å²) < 4.78 is 0. The average Bonchev–Trinajstić information content (AvgIpc) is 2.27. The molecule has 6 nitrogen and oxygen atoms in total. The molecule has 0 heterocycles. The fourth-order valence-electron chi connectivity index (χ4n) is 2.09. The summed E-state index contributed by atoms with van der Waals surface area (Å²) >= 11 is 0. The average molecular weight is 320 g/mol. The van der Waals surface area contributed by atoms with E-state index in [0.717, 1.165) is 0 Å². The van der Waals surface area contributed by atoms with E-state index in [0.29, 0.717) is 0 Å². The van der Waals surface area contributed by atoms with Crippen molar-refractivity contribution >= 4 is 11.9 Å². The molecule has 0 fully saturated rings. The van der Waals surface area contributed by atoms with Gasteiger partial charge in [0.05, 0.1) is 11.3 Å². The van der Waals surface area contributed by atoms with E-state index < -0.39 is 28.6 Å². The lowest BCUT2D eigenvalue weighted by Gasteiger charge is -2.44. The molecule has 0 aromatic carbocycles. The maximum atomic E-state index is 11.0. The summed E-state index contributed by atoms with van der Waals surface area (Å²) in [7, 11) is 0. The summed E-state index contributed by atoms with van der Waals surface area (Å²) in [6, 6.07) is 0. The van der Waals surface area contributed by atoms with Gasteiger partial charge in [0.1, 0.15) is 0 Å². The van der Waals surface area contributed by atoms with Crippen LogP contribution in [0.25, 0.3) is 0 Å². The zero-order chi connectivity index (χ0) is 18.5. The monoisotopic (exact) mass is 320 g/mol. The Labute approximate surface area is 133 Å². The van der Waals surface area contributed by atoms with Crippen molar-refractivity contribution in [3.63, 3.8) is 0 Å². The fraction of sp³-hybridized carbons (Fsp3) is 0.875. The third-order valence-electron chi connectivity index (χ3n) is 3.76. The number of aliphatic hydroxyl groups is 2. The van der Waals surface area contributed by atoms with Crippen LogP contribution in [0.5, 0.6) is 0 Å². The SMILES string of the molecule is CC(C)C(=O)O.CC(C)C(O)(O)C(C)(C)CC(C)(C)C(=O)O. The van der Waals surface area contributed by atoms with Crippen molar-refractivity contribution < 1.29 is 30.0 Å². The van der Waals surface area contributed by atoms with Crippen LogP contribution in [-0.4, -0.2) is 38.2 Å². The van der Waals surface area contributed by atoms with E-state index in [9.17, 15) is 19.8 Å². The third kappa shape index (κ3) is 6.75. The van der Waals surface area contributed by atoms with Gasteiger partial charge in [-0.25, -0.2) is 0 Å². The van der Waals surface area contributed by atoms with Gasteiger partial charge >= 0.3 is 11.9 Å². The molecule has 0 rings (SSSR count). The second-order valence-corrected chi connectivity index (χ2v) is 7.62. The lowest BCUT2D eigenvalue weighted by Crippen LogP contribution is -2.51. The second-order valence-electron chi connectivity index (χ2n) is 7.62. The summed E-state index contributed by atoms with van der Waals surface area (Å²) in [6.45, 7) is 13.2. The first-order valence-corrected chi connectivity index (χ1v) is 7.40. The molecule has 6 heteroatoms. The molecule has 0 aliphatic rings. The smallest absolute Gasteiger partial charge is 0.309 e. The topological polar surface area (TPSA) is 115 Å². The van der Waals surface area contributed by atoms with Gasteiger partial charge in [-0.3, -0.25) is 9.59 Å². The summed E-state index contributed by atoms with van der Waals surface area (Å²) in [5.41, 5.74) is -1.86. The maximum absolute atomic E-state index is 11.0. The predicted molar refractivity (Wildman–Crippen MR) is 84.3 cm³/mol. The highest BCUT2D eigenvalue weighted by molar-refractivity contribution is 5.73. The molecule has 0 atom stereocenters. The van der Waals surface area contributed by atoms with Crippen molar-refractivity contribution in [1.82, 2.24) is 0 Å². The first-order valence-electron chi connectivity index (χ1n) is 7.40. The molecule has 0 unspecified atom stereocenters. The highest BCUT2D eigenvalue weighted by Crippen LogP contribution is 2.43. The van der Waals surface area contributed by atoms with Gasteiger partial charge < -0.3 is 20.4 Å². The van der Waals surface area contributed by atoms with E-state index in [4.69, 9.17) is 10.2 Å². The van der Waals surface area contributed by atoms with Crippen LogP contribution in [-0.2, 0) is 9.59 Å². The lowest BCUT2D eigenvalue weighted by molar-refractivity contribution is -0.267. The first kappa shape index (κ1) is 23.1. The molecule has 0 saturated heterocycles. The van der Waals surface area contributed by atoms with Gasteiger partial charge in [0.25, 0.3) is 0 Å². The Bertz CT molecular complexity index is 380. The highest BCUT2D eigenvalue weighted by Gasteiger charge is 2.48. The van der Waals surface area contributed by atoms with E-state index in [-0.39, 0.29) is 18.3 Å². The van der Waals surface area contributed by atoms with Crippen LogP contribution in [0, 0.1) is 22.7 Å². The number of carboxylic acid groups (broad SMARTS) is 2. The Morgan fingerprint density at radius 1 is 0.909 bits per heavy atom. The van der Waals surface area contributed by atoms with Crippen LogP contribution < -0.4 is 0 Å². The summed E-state index contributed by atoms with van der Waals surface area (Å²) in [5.74, 6) is -4.13. The molecular formula is C16H32O6. The van der Waals surface area contributed by atoms with Crippen LogP contribution in [0.4, 0.5) is 0 Å². The Kier molecular flexibility index (Phi) is 8.33. The zero-order valence-electron chi connectivity index (χ0n) is 15.0. The molecule has 0 spiro atoms. The molecule has 0 aromatic heterocycles. The number of rotatable bonds is 6. The fourth-order valence-corrected chi connectivity index (χ4v) is 2.09. The highest BCUT2D eigenvalue weighted by atomic mass is 16.5. The van der Waals surface area contributed by atoms with E-state index in [1.54, 1.807) is 55.4 Å². The number of hydrogen-bond acceptors (Lipinski definition) is 4. The van der Waals surface area contributed by atoms with Gasteiger partial charge in [-0.2, -0.15) is 0 Å². The Morgan fingerprint density at radius 3 is 1.41 bits per heavy atom. The minimum Gasteiger partial charge on any atom is -0.481 e. The van der Waals surface area contributed by atoms with E-state index in [1.165, 1.54) is 0 Å². The van der Waals surface area contributed by atoms with Crippen molar-refractivity contribution in [2.45, 2.75) is 67.6 Å². The maximum Gasteiger partial charge on any atom is 0.309 e.